The Balaban J connectivity index is 1.40. The molecule has 2 aliphatic heterocycles. The highest BCUT2D eigenvalue weighted by atomic mass is 16.5. The number of aliphatic imine (C=N–C) groups is 1. The number of anilines is 2. The summed E-state index contributed by atoms with van der Waals surface area (Å²) in [6, 6.07) is 5.55. The molecule has 3 fully saturated rings. The Morgan fingerprint density at radius 2 is 2.09 bits per heavy atom. The first-order chi connectivity index (χ1) is 16.6. The molecule has 2 saturated heterocycles. The third-order valence-electron chi connectivity index (χ3n) is 8.13. The summed E-state index contributed by atoms with van der Waals surface area (Å²) in [6.07, 6.45) is 10.9. The van der Waals surface area contributed by atoms with Crippen molar-refractivity contribution in [1.29, 1.82) is 0 Å². The van der Waals surface area contributed by atoms with E-state index >= 15 is 0 Å². The molecule has 1 aromatic rings. The lowest BCUT2D eigenvalue weighted by Crippen LogP contribution is -2.39. The van der Waals surface area contributed by atoms with Crippen molar-refractivity contribution in [2.24, 2.45) is 10.4 Å². The quantitative estimate of drug-likeness (QED) is 0.303. The molecule has 1 aliphatic carbocycles. The monoisotopic (exact) mass is 467 g/mol. The minimum Gasteiger partial charge on any atom is -0.435 e. The Morgan fingerprint density at radius 3 is 2.79 bits per heavy atom. The zero-order valence-corrected chi connectivity index (χ0v) is 20.8. The van der Waals surface area contributed by atoms with Gasteiger partial charge >= 0.3 is 5.97 Å². The lowest BCUT2D eigenvalue weighted by atomic mass is 9.72. The molecule has 34 heavy (non-hydrogen) atoms. The van der Waals surface area contributed by atoms with E-state index < -0.39 is 5.41 Å². The number of pyridine rings is 1. The molecule has 1 aromatic heterocycles. The molecule has 3 heterocycles. The standard InChI is InChI=1S/C27H41N5O2/c1-4-34-26(33)27(13-6-5-7-14-27)15-16-29-23-10-11-25(30-24(23)19-28-3)31-18-12-22(20-31)32-17-8-9-21(32)2/h4,10-11,21-22,29H,1,3,5-9,12-20H2,2H3/t21-,22+/m0/s1. The van der Waals surface area contributed by atoms with E-state index in [2.05, 4.69) is 52.5 Å². The Morgan fingerprint density at radius 1 is 1.26 bits per heavy atom. The number of hydrogen-bond donors (Lipinski definition) is 1. The molecule has 0 bridgehead atoms. The summed E-state index contributed by atoms with van der Waals surface area (Å²) in [5.41, 5.74) is 1.47. The fraction of sp³-hybridized carbons (Fsp3) is 0.667. The van der Waals surface area contributed by atoms with Crippen molar-refractivity contribution >= 4 is 24.2 Å². The Hall–Kier alpha value is -2.41. The summed E-state index contributed by atoms with van der Waals surface area (Å²) in [5, 5.41) is 3.53. The third kappa shape index (κ3) is 5.45. The summed E-state index contributed by atoms with van der Waals surface area (Å²) in [4.78, 5) is 26.9. The van der Waals surface area contributed by atoms with Crippen LogP contribution >= 0.6 is 0 Å². The Kier molecular flexibility index (Phi) is 8.24. The van der Waals surface area contributed by atoms with Crippen LogP contribution in [0.4, 0.5) is 11.5 Å². The van der Waals surface area contributed by atoms with E-state index in [9.17, 15) is 4.79 Å². The number of hydrogen-bond acceptors (Lipinski definition) is 7. The fourth-order valence-corrected chi connectivity index (χ4v) is 6.19. The third-order valence-corrected chi connectivity index (χ3v) is 8.13. The molecule has 2 atom stereocenters. The summed E-state index contributed by atoms with van der Waals surface area (Å²) in [6.45, 7) is 14.1. The second kappa shape index (κ2) is 11.3. The van der Waals surface area contributed by atoms with Crippen LogP contribution in [0.5, 0.6) is 0 Å². The topological polar surface area (TPSA) is 70.1 Å². The van der Waals surface area contributed by atoms with E-state index in [1.54, 1.807) is 0 Å². The SMILES string of the molecule is C=COC(=O)C1(CCNc2ccc(N3CC[C@@H](N4CCC[C@@H]4C)C3)nc2CN=C)CCCCC1. The normalized spacial score (nSPS) is 24.7. The van der Waals surface area contributed by atoms with Crippen molar-refractivity contribution in [3.8, 4) is 0 Å². The molecule has 186 valence electrons. The van der Waals surface area contributed by atoms with E-state index in [4.69, 9.17) is 9.72 Å². The van der Waals surface area contributed by atoms with Gasteiger partial charge in [0, 0.05) is 31.7 Å². The lowest BCUT2D eigenvalue weighted by Gasteiger charge is -2.34. The van der Waals surface area contributed by atoms with Gasteiger partial charge in [-0.25, -0.2) is 4.98 Å². The number of carbonyl (C=O) groups excluding carboxylic acids is 1. The molecule has 4 rings (SSSR count). The molecular weight excluding hydrogens is 426 g/mol. The molecule has 7 heteroatoms. The molecule has 1 N–H and O–H groups in total. The van der Waals surface area contributed by atoms with E-state index in [0.29, 0.717) is 25.2 Å². The first-order valence-corrected chi connectivity index (χ1v) is 13.1. The maximum atomic E-state index is 12.7. The first-order valence-electron chi connectivity index (χ1n) is 13.1. The number of nitrogens with zero attached hydrogens (tertiary/aromatic N) is 4. The van der Waals surface area contributed by atoms with Crippen LogP contribution < -0.4 is 10.2 Å². The Bertz CT molecular complexity index is 867. The molecule has 0 radical (unpaired) electrons. The maximum Gasteiger partial charge on any atom is 0.316 e. The Labute approximate surface area is 204 Å². The highest BCUT2D eigenvalue weighted by molar-refractivity contribution is 5.77. The van der Waals surface area contributed by atoms with Crippen molar-refractivity contribution in [3.63, 3.8) is 0 Å². The van der Waals surface area contributed by atoms with E-state index in [1.165, 1.54) is 38.5 Å². The van der Waals surface area contributed by atoms with Crippen LogP contribution in [0.2, 0.25) is 0 Å². The largest absolute Gasteiger partial charge is 0.435 e. The van der Waals surface area contributed by atoms with Gasteiger partial charge in [-0.05, 0) is 70.8 Å². The zero-order chi connectivity index (χ0) is 24.0. The van der Waals surface area contributed by atoms with Gasteiger partial charge in [0.1, 0.15) is 5.82 Å². The number of nitrogens with one attached hydrogen (secondary N) is 1. The van der Waals surface area contributed by atoms with Crippen LogP contribution in [0.15, 0.2) is 30.0 Å². The van der Waals surface area contributed by atoms with Crippen LogP contribution in [0, 0.1) is 5.41 Å². The van der Waals surface area contributed by atoms with Gasteiger partial charge in [0.25, 0.3) is 0 Å². The van der Waals surface area contributed by atoms with Crippen LogP contribution in [-0.4, -0.2) is 60.8 Å². The first kappa shape index (κ1) is 24.7. The molecule has 0 spiro atoms. The zero-order valence-electron chi connectivity index (χ0n) is 20.8. The van der Waals surface area contributed by atoms with E-state index in [1.807, 2.05) is 0 Å². The van der Waals surface area contributed by atoms with Crippen LogP contribution in [0.25, 0.3) is 0 Å². The van der Waals surface area contributed by atoms with Crippen LogP contribution in [-0.2, 0) is 16.1 Å². The van der Waals surface area contributed by atoms with E-state index in [-0.39, 0.29) is 5.97 Å². The van der Waals surface area contributed by atoms with Gasteiger partial charge < -0.3 is 15.0 Å². The second-order valence-corrected chi connectivity index (χ2v) is 10.3. The smallest absolute Gasteiger partial charge is 0.316 e. The second-order valence-electron chi connectivity index (χ2n) is 10.3. The number of aromatic nitrogens is 1. The number of likely N-dealkylation sites (tertiary alicyclic amines) is 1. The van der Waals surface area contributed by atoms with Crippen molar-refractivity contribution in [1.82, 2.24) is 9.88 Å². The molecule has 0 unspecified atom stereocenters. The van der Waals surface area contributed by atoms with E-state index in [0.717, 1.165) is 62.4 Å². The fourth-order valence-electron chi connectivity index (χ4n) is 6.19. The number of carbonyl (C=O) groups is 1. The molecule has 3 aliphatic rings. The molecule has 1 saturated carbocycles. The summed E-state index contributed by atoms with van der Waals surface area (Å²) < 4.78 is 5.23. The highest BCUT2D eigenvalue weighted by Crippen LogP contribution is 2.40. The van der Waals surface area contributed by atoms with Crippen LogP contribution in [0.3, 0.4) is 0 Å². The number of esters is 1. The van der Waals surface area contributed by atoms with Crippen molar-refractivity contribution in [2.45, 2.75) is 83.3 Å². The number of rotatable bonds is 10. The minimum absolute atomic E-state index is 0.138. The predicted molar refractivity (Wildman–Crippen MR) is 138 cm³/mol. The van der Waals surface area contributed by atoms with Gasteiger partial charge in [0.05, 0.1) is 29.6 Å². The van der Waals surface area contributed by atoms with Gasteiger partial charge in [-0.1, -0.05) is 25.8 Å². The van der Waals surface area contributed by atoms with Crippen molar-refractivity contribution in [3.05, 3.63) is 30.7 Å². The molecule has 0 aromatic carbocycles. The van der Waals surface area contributed by atoms with Crippen LogP contribution in [0.1, 0.15) is 70.4 Å². The molecule has 7 nitrogen and oxygen atoms in total. The average molecular weight is 468 g/mol. The summed E-state index contributed by atoms with van der Waals surface area (Å²) in [7, 11) is 0. The average Bonchev–Trinajstić information content (AvgIpc) is 3.50. The van der Waals surface area contributed by atoms with Gasteiger partial charge in [0.2, 0.25) is 0 Å². The minimum atomic E-state index is -0.416. The lowest BCUT2D eigenvalue weighted by molar-refractivity contribution is -0.152. The summed E-state index contributed by atoms with van der Waals surface area (Å²) in [5.74, 6) is 0.887. The summed E-state index contributed by atoms with van der Waals surface area (Å²) >= 11 is 0. The van der Waals surface area contributed by atoms with Crippen molar-refractivity contribution < 1.29 is 9.53 Å². The van der Waals surface area contributed by atoms with Gasteiger partial charge in [-0.2, -0.15) is 0 Å². The van der Waals surface area contributed by atoms with Crippen molar-refractivity contribution in [2.75, 3.05) is 36.4 Å². The maximum absolute atomic E-state index is 12.7. The number of ether oxygens (including phenoxy) is 1. The van der Waals surface area contributed by atoms with Gasteiger partial charge in [0.15, 0.2) is 0 Å². The van der Waals surface area contributed by atoms with Gasteiger partial charge in [-0.15, -0.1) is 0 Å². The highest BCUT2D eigenvalue weighted by Gasteiger charge is 2.40. The van der Waals surface area contributed by atoms with Gasteiger partial charge in [-0.3, -0.25) is 14.7 Å². The predicted octanol–water partition coefficient (Wildman–Crippen LogP) is 4.78. The molecular formula is C27H41N5O2. The molecule has 0 amide bonds.